The van der Waals surface area contributed by atoms with Gasteiger partial charge in [0.2, 0.25) is 15.9 Å². The van der Waals surface area contributed by atoms with Crippen molar-refractivity contribution in [3.05, 3.63) is 47.5 Å². The maximum Gasteiger partial charge on any atom is 0.243 e. The van der Waals surface area contributed by atoms with Crippen molar-refractivity contribution in [2.75, 3.05) is 44.8 Å². The van der Waals surface area contributed by atoms with Crippen LogP contribution < -0.4 is 14.8 Å². The van der Waals surface area contributed by atoms with Crippen molar-refractivity contribution < 1.29 is 32.2 Å². The van der Waals surface area contributed by atoms with Crippen molar-refractivity contribution in [3.63, 3.8) is 0 Å². The summed E-state index contributed by atoms with van der Waals surface area (Å²) in [5.41, 5.74) is 1.58. The molecule has 1 amide bonds. The summed E-state index contributed by atoms with van der Waals surface area (Å²) in [5, 5.41) is 2.75. The van der Waals surface area contributed by atoms with E-state index in [-0.39, 0.29) is 29.4 Å². The molecule has 182 valence electrons. The van der Waals surface area contributed by atoms with Crippen LogP contribution in [-0.4, -0.2) is 63.9 Å². The number of hydrogen-bond acceptors (Lipinski definition) is 7. The zero-order chi connectivity index (χ0) is 24.1. The van der Waals surface area contributed by atoms with Gasteiger partial charge in [0.1, 0.15) is 0 Å². The summed E-state index contributed by atoms with van der Waals surface area (Å²) >= 11 is 0. The van der Waals surface area contributed by atoms with Gasteiger partial charge in [0.25, 0.3) is 0 Å². The number of nitrogens with zero attached hydrogens (tertiary/aromatic N) is 1. The van der Waals surface area contributed by atoms with Crippen molar-refractivity contribution in [1.82, 2.24) is 4.31 Å². The Bertz CT molecular complexity index is 1170. The lowest BCUT2D eigenvalue weighted by Crippen LogP contribution is -2.40. The molecule has 1 saturated heterocycles. The SMILES string of the molecule is Cc1ccc(S(=O)(=O)N2CCOCC2)cc1NC(=O)CCC(=O)c1ccc2c(c1)OCCCO2. The Balaban J connectivity index is 1.39. The third-order valence-corrected chi connectivity index (χ3v) is 7.63. The Kier molecular flexibility index (Phi) is 7.50. The third kappa shape index (κ3) is 5.57. The second-order valence-corrected chi connectivity index (χ2v) is 10.1. The molecule has 0 saturated carbocycles. The van der Waals surface area contributed by atoms with Crippen molar-refractivity contribution in [1.29, 1.82) is 0 Å². The molecule has 0 unspecified atom stereocenters. The molecule has 2 aromatic carbocycles. The zero-order valence-electron chi connectivity index (χ0n) is 19.0. The van der Waals surface area contributed by atoms with Crippen molar-refractivity contribution in [2.45, 2.75) is 31.1 Å². The van der Waals surface area contributed by atoms with Gasteiger partial charge in [0.05, 0.1) is 31.3 Å². The predicted octanol–water partition coefficient (Wildman–Crippen LogP) is 2.78. The fourth-order valence-corrected chi connectivity index (χ4v) is 5.19. The highest BCUT2D eigenvalue weighted by Crippen LogP contribution is 2.31. The monoisotopic (exact) mass is 488 g/mol. The van der Waals surface area contributed by atoms with Crippen LogP contribution in [0.15, 0.2) is 41.3 Å². The first-order valence-electron chi connectivity index (χ1n) is 11.3. The number of sulfonamides is 1. The summed E-state index contributed by atoms with van der Waals surface area (Å²) < 4.78 is 43.7. The molecule has 0 spiro atoms. The molecule has 9 nitrogen and oxygen atoms in total. The Morgan fingerprint density at radius 2 is 1.68 bits per heavy atom. The number of hydrogen-bond donors (Lipinski definition) is 1. The van der Waals surface area contributed by atoms with Gasteiger partial charge in [0.15, 0.2) is 17.3 Å². The van der Waals surface area contributed by atoms with Crippen LogP contribution >= 0.6 is 0 Å². The molecular formula is C24H28N2O7S. The highest BCUT2D eigenvalue weighted by atomic mass is 32.2. The number of carbonyl (C=O) groups is 2. The second-order valence-electron chi connectivity index (χ2n) is 8.18. The Morgan fingerprint density at radius 3 is 2.44 bits per heavy atom. The fourth-order valence-electron chi connectivity index (χ4n) is 3.75. The normalized spacial score (nSPS) is 16.5. The van der Waals surface area contributed by atoms with E-state index < -0.39 is 10.0 Å². The summed E-state index contributed by atoms with van der Waals surface area (Å²) in [5.74, 6) is 0.578. The first kappa shape index (κ1) is 24.2. The molecule has 4 rings (SSSR count). The molecule has 1 N–H and O–H groups in total. The molecule has 0 atom stereocenters. The molecular weight excluding hydrogens is 460 g/mol. The van der Waals surface area contributed by atoms with Crippen LogP contribution in [0.25, 0.3) is 0 Å². The lowest BCUT2D eigenvalue weighted by atomic mass is 10.1. The summed E-state index contributed by atoms with van der Waals surface area (Å²) in [6, 6.07) is 9.67. The van der Waals surface area contributed by atoms with E-state index in [1.54, 1.807) is 31.2 Å². The van der Waals surface area contributed by atoms with Gasteiger partial charge in [-0.15, -0.1) is 0 Å². The third-order valence-electron chi connectivity index (χ3n) is 5.74. The van der Waals surface area contributed by atoms with Crippen molar-refractivity contribution in [2.24, 2.45) is 0 Å². The van der Waals surface area contributed by atoms with Gasteiger partial charge in [0, 0.05) is 43.6 Å². The molecule has 1 fully saturated rings. The minimum atomic E-state index is -3.68. The number of anilines is 1. The number of aryl methyl sites for hydroxylation is 1. The second kappa shape index (κ2) is 10.5. The molecule has 0 aromatic heterocycles. The smallest absolute Gasteiger partial charge is 0.243 e. The largest absolute Gasteiger partial charge is 0.490 e. The number of fused-ring (bicyclic) bond motifs is 1. The number of amides is 1. The molecule has 2 aliphatic heterocycles. The molecule has 0 bridgehead atoms. The van der Waals surface area contributed by atoms with Crippen LogP contribution in [0.5, 0.6) is 11.5 Å². The molecule has 0 aliphatic carbocycles. The van der Waals surface area contributed by atoms with Crippen molar-refractivity contribution in [3.8, 4) is 11.5 Å². The van der Waals surface area contributed by atoms with E-state index in [2.05, 4.69) is 5.32 Å². The number of rotatable bonds is 7. The number of ketones is 1. The number of ether oxygens (including phenoxy) is 3. The minimum absolute atomic E-state index is 0.0102. The van der Waals surface area contributed by atoms with Gasteiger partial charge < -0.3 is 19.5 Å². The average molecular weight is 489 g/mol. The molecule has 0 radical (unpaired) electrons. The maximum atomic E-state index is 12.9. The molecule has 2 heterocycles. The Morgan fingerprint density at radius 1 is 0.941 bits per heavy atom. The standard InChI is InChI=1S/C24H28N2O7S/c1-17-3-5-19(34(29,30)26-9-13-31-14-10-26)16-20(17)25-24(28)8-6-21(27)18-4-7-22-23(15-18)33-12-2-11-32-22/h3-5,7,15-16H,2,6,8-14H2,1H3,(H,25,28). The van der Waals surface area contributed by atoms with Crippen LogP contribution in [0.4, 0.5) is 5.69 Å². The Labute approximate surface area is 199 Å². The molecule has 10 heteroatoms. The van der Waals surface area contributed by atoms with E-state index in [0.29, 0.717) is 62.3 Å². The minimum Gasteiger partial charge on any atom is -0.490 e. The van der Waals surface area contributed by atoms with E-state index in [0.717, 1.165) is 12.0 Å². The number of benzene rings is 2. The zero-order valence-corrected chi connectivity index (χ0v) is 19.9. The highest BCUT2D eigenvalue weighted by Gasteiger charge is 2.27. The van der Waals surface area contributed by atoms with E-state index in [9.17, 15) is 18.0 Å². The van der Waals surface area contributed by atoms with Crippen LogP contribution in [0, 0.1) is 6.92 Å². The van der Waals surface area contributed by atoms with E-state index >= 15 is 0 Å². The van der Waals surface area contributed by atoms with E-state index in [1.165, 1.54) is 16.4 Å². The Hall–Kier alpha value is -2.95. The number of Topliss-reactive ketones (excluding diaryl/α,β-unsaturated/α-hetero) is 1. The highest BCUT2D eigenvalue weighted by molar-refractivity contribution is 7.89. The van der Waals surface area contributed by atoms with E-state index in [4.69, 9.17) is 14.2 Å². The molecule has 34 heavy (non-hydrogen) atoms. The van der Waals surface area contributed by atoms with Crippen LogP contribution in [0.1, 0.15) is 35.2 Å². The molecule has 2 aromatic rings. The maximum absolute atomic E-state index is 12.9. The number of nitrogens with one attached hydrogen (secondary N) is 1. The summed E-state index contributed by atoms with van der Waals surface area (Å²) in [6.45, 7) is 4.16. The average Bonchev–Trinajstić information content (AvgIpc) is 3.09. The van der Waals surface area contributed by atoms with Gasteiger partial charge in [-0.2, -0.15) is 4.31 Å². The number of carbonyl (C=O) groups excluding carboxylic acids is 2. The summed E-state index contributed by atoms with van der Waals surface area (Å²) in [7, 11) is -3.68. The quantitative estimate of drug-likeness (QED) is 0.597. The fraction of sp³-hybridized carbons (Fsp3) is 0.417. The summed E-state index contributed by atoms with van der Waals surface area (Å²) in [6.07, 6.45) is 0.746. The van der Waals surface area contributed by atoms with Crippen LogP contribution in [-0.2, 0) is 19.6 Å². The first-order chi connectivity index (χ1) is 16.3. The van der Waals surface area contributed by atoms with Crippen molar-refractivity contribution >= 4 is 27.4 Å². The van der Waals surface area contributed by atoms with Gasteiger partial charge in [-0.25, -0.2) is 8.42 Å². The predicted molar refractivity (Wildman–Crippen MR) is 125 cm³/mol. The van der Waals surface area contributed by atoms with Crippen LogP contribution in [0.2, 0.25) is 0 Å². The molecule has 2 aliphatic rings. The topological polar surface area (TPSA) is 111 Å². The van der Waals surface area contributed by atoms with Crippen LogP contribution in [0.3, 0.4) is 0 Å². The number of morpholine rings is 1. The lowest BCUT2D eigenvalue weighted by Gasteiger charge is -2.26. The lowest BCUT2D eigenvalue weighted by molar-refractivity contribution is -0.116. The summed E-state index contributed by atoms with van der Waals surface area (Å²) in [4.78, 5) is 25.3. The van der Waals surface area contributed by atoms with E-state index in [1.807, 2.05) is 0 Å². The van der Waals surface area contributed by atoms with Gasteiger partial charge in [-0.05, 0) is 42.8 Å². The van der Waals surface area contributed by atoms with Gasteiger partial charge in [-0.1, -0.05) is 6.07 Å². The van der Waals surface area contributed by atoms with Gasteiger partial charge >= 0.3 is 0 Å². The first-order valence-corrected chi connectivity index (χ1v) is 12.7. The van der Waals surface area contributed by atoms with Gasteiger partial charge in [-0.3, -0.25) is 9.59 Å².